The maximum absolute atomic E-state index is 10.7. The van der Waals surface area contributed by atoms with Crippen molar-refractivity contribution in [2.45, 2.75) is 162 Å². The largest absolute Gasteiger partial charge is 0.390 e. The second-order valence-corrected chi connectivity index (χ2v) is 12.7. The van der Waals surface area contributed by atoms with E-state index in [9.17, 15) is 10.2 Å². The van der Waals surface area contributed by atoms with Gasteiger partial charge in [-0.3, -0.25) is 0 Å². The molecule has 0 aromatic rings. The molecule has 33 heavy (non-hydrogen) atoms. The topological polar surface area (TPSA) is 40.5 Å². The predicted molar refractivity (Wildman–Crippen MR) is 143 cm³/mol. The molecule has 0 aliphatic heterocycles. The van der Waals surface area contributed by atoms with Crippen molar-refractivity contribution in [3.8, 4) is 0 Å². The van der Waals surface area contributed by atoms with Gasteiger partial charge in [-0.1, -0.05) is 124 Å². The van der Waals surface area contributed by atoms with Crippen LogP contribution in [0.5, 0.6) is 0 Å². The zero-order chi connectivity index (χ0) is 24.1. The van der Waals surface area contributed by atoms with Gasteiger partial charge in [-0.2, -0.15) is 0 Å². The molecule has 2 saturated carbocycles. The van der Waals surface area contributed by atoms with Gasteiger partial charge < -0.3 is 10.2 Å². The highest BCUT2D eigenvalue weighted by Gasteiger charge is 2.27. The fraction of sp³-hybridized carbons (Fsp3) is 1.00. The van der Waals surface area contributed by atoms with Crippen molar-refractivity contribution in [2.75, 3.05) is 0 Å². The summed E-state index contributed by atoms with van der Waals surface area (Å²) in [6.45, 7) is 9.38. The van der Waals surface area contributed by atoms with Crippen LogP contribution in [-0.2, 0) is 0 Å². The van der Waals surface area contributed by atoms with E-state index in [2.05, 4.69) is 27.7 Å². The summed E-state index contributed by atoms with van der Waals surface area (Å²) in [7, 11) is 0. The Morgan fingerprint density at radius 2 is 1.21 bits per heavy atom. The number of hydrogen-bond donors (Lipinski definition) is 2. The summed E-state index contributed by atoms with van der Waals surface area (Å²) in [6, 6.07) is 0. The summed E-state index contributed by atoms with van der Waals surface area (Å²) in [5.41, 5.74) is 0. The summed E-state index contributed by atoms with van der Waals surface area (Å²) in [5.74, 6) is 4.78. The van der Waals surface area contributed by atoms with Crippen molar-refractivity contribution < 1.29 is 10.2 Å². The number of rotatable bonds is 16. The lowest BCUT2D eigenvalue weighted by Gasteiger charge is -2.32. The normalized spacial score (nSPS) is 29.2. The third kappa shape index (κ3) is 11.9. The summed E-state index contributed by atoms with van der Waals surface area (Å²) in [5, 5.41) is 21.4. The average molecular weight is 465 g/mol. The van der Waals surface area contributed by atoms with E-state index >= 15 is 0 Å². The van der Waals surface area contributed by atoms with Crippen LogP contribution in [-0.4, -0.2) is 22.4 Å². The first-order valence-corrected chi connectivity index (χ1v) is 15.2. The molecule has 0 saturated heterocycles. The van der Waals surface area contributed by atoms with E-state index in [1.807, 2.05) is 0 Å². The molecule has 0 bridgehead atoms. The number of aliphatic hydroxyl groups excluding tert-OH is 2. The monoisotopic (exact) mass is 464 g/mol. The minimum Gasteiger partial charge on any atom is -0.390 e. The van der Waals surface area contributed by atoms with E-state index in [4.69, 9.17) is 0 Å². The zero-order valence-electron chi connectivity index (χ0n) is 22.9. The van der Waals surface area contributed by atoms with Gasteiger partial charge in [0, 0.05) is 0 Å². The van der Waals surface area contributed by atoms with Gasteiger partial charge in [0.1, 0.15) is 0 Å². The van der Waals surface area contributed by atoms with E-state index in [1.165, 1.54) is 103 Å². The maximum atomic E-state index is 10.7. The Hall–Kier alpha value is -0.0800. The Kier molecular flexibility index (Phi) is 14.6. The first-order chi connectivity index (χ1) is 15.9. The van der Waals surface area contributed by atoms with E-state index in [-0.39, 0.29) is 0 Å². The lowest BCUT2D eigenvalue weighted by molar-refractivity contribution is -0.00836. The van der Waals surface area contributed by atoms with Crippen molar-refractivity contribution in [1.29, 1.82) is 0 Å². The zero-order valence-corrected chi connectivity index (χ0v) is 22.9. The quantitative estimate of drug-likeness (QED) is 0.224. The highest BCUT2D eigenvalue weighted by atomic mass is 16.3. The molecule has 2 N–H and O–H groups in total. The predicted octanol–water partition coefficient (Wildman–Crippen LogP) is 8.92. The Morgan fingerprint density at radius 1 is 0.636 bits per heavy atom. The molecule has 2 fully saturated rings. The van der Waals surface area contributed by atoms with Gasteiger partial charge in [0.15, 0.2) is 0 Å². The Labute approximate surface area is 207 Å². The molecule has 1 unspecified atom stereocenters. The van der Waals surface area contributed by atoms with Crippen LogP contribution >= 0.6 is 0 Å². The molecular weight excluding hydrogens is 404 g/mol. The van der Waals surface area contributed by atoms with E-state index in [1.54, 1.807) is 0 Å². The lowest BCUT2D eigenvalue weighted by atomic mass is 9.76. The molecule has 3 atom stereocenters. The van der Waals surface area contributed by atoms with Gasteiger partial charge in [0.2, 0.25) is 0 Å². The number of unbranched alkanes of at least 4 members (excludes halogenated alkanes) is 4. The minimum absolute atomic E-state index is 0.520. The Bertz CT molecular complexity index is 460. The van der Waals surface area contributed by atoms with Gasteiger partial charge in [0.25, 0.3) is 0 Å². The van der Waals surface area contributed by atoms with Crippen LogP contribution in [0.1, 0.15) is 150 Å². The maximum Gasteiger partial charge on any atom is 0.0801 e. The second kappa shape index (κ2) is 16.6. The van der Waals surface area contributed by atoms with Crippen LogP contribution in [0, 0.1) is 35.5 Å². The molecule has 2 heteroatoms. The molecule has 0 aromatic carbocycles. The lowest BCUT2D eigenvalue weighted by Crippen LogP contribution is -2.30. The van der Waals surface area contributed by atoms with Gasteiger partial charge in [0.05, 0.1) is 12.2 Å². The van der Waals surface area contributed by atoms with Crippen LogP contribution < -0.4 is 0 Å². The molecule has 2 rings (SSSR count). The Morgan fingerprint density at radius 3 is 1.85 bits per heavy atom. The third-order valence-electron chi connectivity index (χ3n) is 9.56. The van der Waals surface area contributed by atoms with Crippen LogP contribution in [0.4, 0.5) is 0 Å². The number of hydrogen-bond acceptors (Lipinski definition) is 2. The molecule has 2 aliphatic carbocycles. The second-order valence-electron chi connectivity index (χ2n) is 12.7. The van der Waals surface area contributed by atoms with Gasteiger partial charge in [-0.05, 0) is 61.2 Å². The molecule has 0 amide bonds. The molecule has 0 spiro atoms. The third-order valence-corrected chi connectivity index (χ3v) is 9.56. The molecular formula is C31H60O2. The molecule has 0 radical (unpaired) electrons. The van der Waals surface area contributed by atoms with E-state index in [0.717, 1.165) is 37.0 Å². The minimum atomic E-state index is -0.530. The molecule has 0 heterocycles. The molecule has 2 aliphatic rings. The van der Waals surface area contributed by atoms with Crippen molar-refractivity contribution in [3.63, 3.8) is 0 Å². The van der Waals surface area contributed by atoms with Crippen LogP contribution in [0.2, 0.25) is 0 Å². The molecule has 2 nitrogen and oxygen atoms in total. The number of aliphatic hydroxyl groups is 2. The van der Waals surface area contributed by atoms with Gasteiger partial charge in [-0.25, -0.2) is 0 Å². The summed E-state index contributed by atoms with van der Waals surface area (Å²) in [6.07, 6.45) is 23.6. The molecule has 196 valence electrons. The molecule has 0 aromatic heterocycles. The van der Waals surface area contributed by atoms with Crippen molar-refractivity contribution in [3.05, 3.63) is 0 Å². The van der Waals surface area contributed by atoms with Crippen LogP contribution in [0.3, 0.4) is 0 Å². The van der Waals surface area contributed by atoms with E-state index in [0.29, 0.717) is 17.8 Å². The Balaban J connectivity index is 1.60. The van der Waals surface area contributed by atoms with Crippen molar-refractivity contribution in [2.24, 2.45) is 35.5 Å². The highest BCUT2D eigenvalue weighted by Crippen LogP contribution is 2.36. The van der Waals surface area contributed by atoms with E-state index < -0.39 is 12.2 Å². The fourth-order valence-corrected chi connectivity index (χ4v) is 6.75. The van der Waals surface area contributed by atoms with Crippen molar-refractivity contribution in [1.82, 2.24) is 0 Å². The summed E-state index contributed by atoms with van der Waals surface area (Å²) >= 11 is 0. The fourth-order valence-electron chi connectivity index (χ4n) is 6.75. The SMILES string of the molecule is CCCCCCCC1CCC(CC(O)[C@@H](O)CC[C@@H](CC[C@H]2CC[C@@H](C)CC2)C(C)C)CC1. The average Bonchev–Trinajstić information content (AvgIpc) is 2.80. The first-order valence-electron chi connectivity index (χ1n) is 15.2. The van der Waals surface area contributed by atoms with Crippen LogP contribution in [0.15, 0.2) is 0 Å². The standard InChI is InChI=1S/C31H60O2/c1-5-6-7-8-9-10-26-15-17-28(18-16-26)23-31(33)30(32)22-21-29(24(2)3)20-19-27-13-11-25(4)12-14-27/h24-33H,5-23H2,1-4H3/t25-,26?,27+,28?,29-,30+,31?/m1/s1. The first kappa shape index (κ1) is 29.2. The summed E-state index contributed by atoms with van der Waals surface area (Å²) in [4.78, 5) is 0. The highest BCUT2D eigenvalue weighted by molar-refractivity contribution is 4.79. The smallest absolute Gasteiger partial charge is 0.0801 e. The van der Waals surface area contributed by atoms with Gasteiger partial charge in [-0.15, -0.1) is 0 Å². The van der Waals surface area contributed by atoms with Crippen LogP contribution in [0.25, 0.3) is 0 Å². The summed E-state index contributed by atoms with van der Waals surface area (Å²) < 4.78 is 0. The van der Waals surface area contributed by atoms with Crippen molar-refractivity contribution >= 4 is 0 Å². The van der Waals surface area contributed by atoms with Gasteiger partial charge >= 0.3 is 0 Å².